The number of benzene rings is 1. The summed E-state index contributed by atoms with van der Waals surface area (Å²) in [6, 6.07) is 11.7. The van der Waals surface area contributed by atoms with Crippen molar-refractivity contribution in [2.75, 3.05) is 32.8 Å². The predicted octanol–water partition coefficient (Wildman–Crippen LogP) is 2.36. The van der Waals surface area contributed by atoms with Crippen LogP contribution in [0.2, 0.25) is 0 Å². The predicted molar refractivity (Wildman–Crippen MR) is 86.1 cm³/mol. The number of likely N-dealkylation sites (tertiary alicyclic amines) is 1. The van der Waals surface area contributed by atoms with Crippen LogP contribution in [0.5, 0.6) is 0 Å². The Balaban J connectivity index is 1.55. The van der Waals surface area contributed by atoms with Crippen molar-refractivity contribution in [3.63, 3.8) is 0 Å². The third-order valence-corrected chi connectivity index (χ3v) is 4.80. The second kappa shape index (κ2) is 7.39. The first kappa shape index (κ1) is 15.0. The summed E-state index contributed by atoms with van der Waals surface area (Å²) in [5.41, 5.74) is 1.44. The van der Waals surface area contributed by atoms with Gasteiger partial charge in [0.1, 0.15) is 0 Å². The molecule has 116 valence electrons. The Bertz CT molecular complexity index is 416. The van der Waals surface area contributed by atoms with E-state index in [0.29, 0.717) is 6.61 Å². The van der Waals surface area contributed by atoms with Crippen LogP contribution in [-0.4, -0.2) is 53.7 Å². The van der Waals surface area contributed by atoms with Gasteiger partial charge >= 0.3 is 0 Å². The zero-order chi connectivity index (χ0) is 14.5. The Morgan fingerprint density at radius 3 is 2.67 bits per heavy atom. The van der Waals surface area contributed by atoms with Gasteiger partial charge in [-0.3, -0.25) is 4.90 Å². The number of nitrogens with zero attached hydrogens (tertiary/aromatic N) is 2. The molecule has 0 radical (unpaired) electrons. The van der Waals surface area contributed by atoms with Crippen LogP contribution in [-0.2, 0) is 6.54 Å². The van der Waals surface area contributed by atoms with E-state index >= 15 is 0 Å². The van der Waals surface area contributed by atoms with Gasteiger partial charge in [-0.05, 0) is 43.7 Å². The van der Waals surface area contributed by atoms with E-state index in [1.165, 1.54) is 50.9 Å². The van der Waals surface area contributed by atoms with Crippen molar-refractivity contribution >= 4 is 0 Å². The van der Waals surface area contributed by atoms with Gasteiger partial charge in [0.15, 0.2) is 0 Å². The number of hydrogen-bond acceptors (Lipinski definition) is 3. The maximum absolute atomic E-state index is 9.13. The summed E-state index contributed by atoms with van der Waals surface area (Å²) in [6.45, 7) is 5.79. The Morgan fingerprint density at radius 1 is 1.14 bits per heavy atom. The molecule has 3 nitrogen and oxygen atoms in total. The standard InChI is InChI=1S/C18H28N2O/c21-12-11-19-10-4-7-17(13-19)15-20(18-8-9-18)14-16-5-2-1-3-6-16/h1-3,5-6,17-18,21H,4,7-15H2/t17-/m1/s1. The first-order valence-electron chi connectivity index (χ1n) is 8.46. The average molecular weight is 288 g/mol. The number of β-amino-alcohol motifs (C(OH)–C–C–N with tert-alkyl or cyclic N) is 1. The highest BCUT2D eigenvalue weighted by Gasteiger charge is 2.31. The summed E-state index contributed by atoms with van der Waals surface area (Å²) < 4.78 is 0. The molecule has 0 spiro atoms. The van der Waals surface area contributed by atoms with Crippen molar-refractivity contribution in [2.45, 2.75) is 38.3 Å². The van der Waals surface area contributed by atoms with Gasteiger partial charge in [-0.2, -0.15) is 0 Å². The fraction of sp³-hybridized carbons (Fsp3) is 0.667. The van der Waals surface area contributed by atoms with Gasteiger partial charge in [0.25, 0.3) is 0 Å². The maximum atomic E-state index is 9.13. The van der Waals surface area contributed by atoms with Crippen molar-refractivity contribution in [2.24, 2.45) is 5.92 Å². The third kappa shape index (κ3) is 4.53. The molecule has 0 bridgehead atoms. The molecule has 21 heavy (non-hydrogen) atoms. The summed E-state index contributed by atoms with van der Waals surface area (Å²) in [7, 11) is 0. The third-order valence-electron chi connectivity index (χ3n) is 4.80. The number of aliphatic hydroxyl groups is 1. The van der Waals surface area contributed by atoms with Gasteiger partial charge < -0.3 is 10.0 Å². The van der Waals surface area contributed by atoms with Crippen LogP contribution in [0.4, 0.5) is 0 Å². The maximum Gasteiger partial charge on any atom is 0.0558 e. The molecule has 1 saturated carbocycles. The number of piperidine rings is 1. The SMILES string of the molecule is OCCN1CCC[C@@H](CN(Cc2ccccc2)C2CC2)C1. The Hall–Kier alpha value is -0.900. The van der Waals surface area contributed by atoms with Crippen molar-refractivity contribution in [3.05, 3.63) is 35.9 Å². The molecule has 1 heterocycles. The van der Waals surface area contributed by atoms with Gasteiger partial charge in [-0.15, -0.1) is 0 Å². The summed E-state index contributed by atoms with van der Waals surface area (Å²) in [6.07, 6.45) is 5.38. The molecule has 1 N–H and O–H groups in total. The molecule has 1 saturated heterocycles. The summed E-state index contributed by atoms with van der Waals surface area (Å²) in [4.78, 5) is 5.13. The molecule has 2 fully saturated rings. The minimum atomic E-state index is 0.295. The van der Waals surface area contributed by atoms with E-state index in [9.17, 15) is 0 Å². The Kier molecular flexibility index (Phi) is 5.28. The van der Waals surface area contributed by atoms with Crippen LogP contribution in [0, 0.1) is 5.92 Å². The molecule has 1 atom stereocenters. The van der Waals surface area contributed by atoms with E-state index < -0.39 is 0 Å². The lowest BCUT2D eigenvalue weighted by atomic mass is 9.97. The molecular formula is C18H28N2O. The average Bonchev–Trinajstić information content (AvgIpc) is 3.33. The molecule has 0 amide bonds. The van der Waals surface area contributed by atoms with Crippen LogP contribution in [0.25, 0.3) is 0 Å². The van der Waals surface area contributed by atoms with Gasteiger partial charge in [0, 0.05) is 32.2 Å². The minimum absolute atomic E-state index is 0.295. The van der Waals surface area contributed by atoms with Crippen molar-refractivity contribution in [1.29, 1.82) is 0 Å². The molecule has 0 aromatic heterocycles. The highest BCUT2D eigenvalue weighted by Crippen LogP contribution is 2.30. The first-order chi connectivity index (χ1) is 10.3. The summed E-state index contributed by atoms with van der Waals surface area (Å²) in [5.74, 6) is 0.773. The van der Waals surface area contributed by atoms with Crippen LogP contribution < -0.4 is 0 Å². The van der Waals surface area contributed by atoms with E-state index in [0.717, 1.165) is 25.0 Å². The zero-order valence-corrected chi connectivity index (χ0v) is 13.0. The van der Waals surface area contributed by atoms with Gasteiger partial charge in [-0.1, -0.05) is 30.3 Å². The molecule has 1 aromatic rings. The van der Waals surface area contributed by atoms with E-state index in [4.69, 9.17) is 5.11 Å². The Morgan fingerprint density at radius 2 is 1.95 bits per heavy atom. The highest BCUT2D eigenvalue weighted by molar-refractivity contribution is 5.15. The molecule has 1 aliphatic heterocycles. The second-order valence-corrected chi connectivity index (χ2v) is 6.68. The van der Waals surface area contributed by atoms with Gasteiger partial charge in [-0.25, -0.2) is 0 Å². The molecule has 3 rings (SSSR count). The fourth-order valence-corrected chi connectivity index (χ4v) is 3.58. The van der Waals surface area contributed by atoms with E-state index in [1.54, 1.807) is 0 Å². The molecular weight excluding hydrogens is 260 g/mol. The smallest absolute Gasteiger partial charge is 0.0558 e. The molecule has 1 aliphatic carbocycles. The van der Waals surface area contributed by atoms with E-state index in [2.05, 4.69) is 40.1 Å². The first-order valence-corrected chi connectivity index (χ1v) is 8.46. The quantitative estimate of drug-likeness (QED) is 0.834. The largest absolute Gasteiger partial charge is 0.395 e. The Labute approximate surface area is 128 Å². The normalized spacial score (nSPS) is 23.6. The van der Waals surface area contributed by atoms with Crippen LogP contribution in [0.15, 0.2) is 30.3 Å². The van der Waals surface area contributed by atoms with Crippen LogP contribution in [0.1, 0.15) is 31.2 Å². The topological polar surface area (TPSA) is 26.7 Å². The van der Waals surface area contributed by atoms with Gasteiger partial charge in [0.05, 0.1) is 6.61 Å². The lowest BCUT2D eigenvalue weighted by Gasteiger charge is -2.35. The summed E-state index contributed by atoms with van der Waals surface area (Å²) in [5, 5.41) is 9.13. The van der Waals surface area contributed by atoms with Crippen molar-refractivity contribution in [1.82, 2.24) is 9.80 Å². The molecule has 1 aromatic carbocycles. The number of rotatable bonds is 7. The lowest BCUT2D eigenvalue weighted by molar-refractivity contribution is 0.109. The molecule has 2 aliphatic rings. The minimum Gasteiger partial charge on any atom is -0.395 e. The van der Waals surface area contributed by atoms with E-state index in [-0.39, 0.29) is 0 Å². The molecule has 0 unspecified atom stereocenters. The van der Waals surface area contributed by atoms with Crippen LogP contribution in [0.3, 0.4) is 0 Å². The molecule has 3 heteroatoms. The zero-order valence-electron chi connectivity index (χ0n) is 13.0. The monoisotopic (exact) mass is 288 g/mol. The highest BCUT2D eigenvalue weighted by atomic mass is 16.3. The van der Waals surface area contributed by atoms with Gasteiger partial charge in [0.2, 0.25) is 0 Å². The van der Waals surface area contributed by atoms with Crippen LogP contribution >= 0.6 is 0 Å². The van der Waals surface area contributed by atoms with E-state index in [1.807, 2.05) is 0 Å². The van der Waals surface area contributed by atoms with Crippen molar-refractivity contribution in [3.8, 4) is 0 Å². The van der Waals surface area contributed by atoms with Crippen molar-refractivity contribution < 1.29 is 5.11 Å². The number of hydrogen-bond donors (Lipinski definition) is 1. The second-order valence-electron chi connectivity index (χ2n) is 6.68. The summed E-state index contributed by atoms with van der Waals surface area (Å²) >= 11 is 0. The fourth-order valence-electron chi connectivity index (χ4n) is 3.58. The number of aliphatic hydroxyl groups excluding tert-OH is 1. The lowest BCUT2D eigenvalue weighted by Crippen LogP contribution is -2.42.